The number of hydrogen-bond donors (Lipinski definition) is 0. The fourth-order valence-electron chi connectivity index (χ4n) is 4.03. The second-order valence-electron chi connectivity index (χ2n) is 6.67. The summed E-state index contributed by atoms with van der Waals surface area (Å²) in [4.78, 5) is 8.84. The molecule has 0 bridgehead atoms. The van der Waals surface area contributed by atoms with Crippen LogP contribution in [-0.2, 0) is 26.4 Å². The molecule has 120 valence electrons. The minimum atomic E-state index is 0.429. The van der Waals surface area contributed by atoms with Crippen LogP contribution in [-0.4, -0.2) is 21.0 Å². The highest BCUT2D eigenvalue weighted by Gasteiger charge is 2.31. The van der Waals surface area contributed by atoms with Crippen molar-refractivity contribution in [1.29, 1.82) is 5.26 Å². The first-order chi connectivity index (χ1) is 11.3. The zero-order chi connectivity index (χ0) is 15.8. The van der Waals surface area contributed by atoms with E-state index in [-0.39, 0.29) is 0 Å². The third-order valence-corrected chi connectivity index (χ3v) is 6.13. The molecule has 1 atom stereocenters. The largest absolute Gasteiger partial charge is 0.334 e. The van der Waals surface area contributed by atoms with Crippen LogP contribution in [0.2, 0.25) is 0 Å². The third-order valence-electron chi connectivity index (χ3n) is 5.21. The Bertz CT molecular complexity index is 752. The number of thiophene rings is 1. The van der Waals surface area contributed by atoms with E-state index in [0.29, 0.717) is 6.04 Å². The Hall–Kier alpha value is -1.64. The van der Waals surface area contributed by atoms with Crippen molar-refractivity contribution in [2.75, 3.05) is 6.54 Å². The van der Waals surface area contributed by atoms with Gasteiger partial charge in [0, 0.05) is 29.5 Å². The molecule has 2 aromatic rings. The number of nitriles is 1. The Kier molecular flexibility index (Phi) is 3.96. The van der Waals surface area contributed by atoms with Gasteiger partial charge < -0.3 is 4.57 Å². The van der Waals surface area contributed by atoms with Crippen LogP contribution in [0.15, 0.2) is 11.4 Å². The Morgan fingerprint density at radius 2 is 2.22 bits per heavy atom. The predicted molar refractivity (Wildman–Crippen MR) is 91.3 cm³/mol. The van der Waals surface area contributed by atoms with Gasteiger partial charge in [-0.15, -0.1) is 11.3 Å². The molecule has 3 heterocycles. The maximum Gasteiger partial charge on any atom is 0.126 e. The normalized spacial score (nSPS) is 21.3. The van der Waals surface area contributed by atoms with Crippen LogP contribution in [0.3, 0.4) is 0 Å². The van der Waals surface area contributed by atoms with Crippen molar-refractivity contribution >= 4 is 11.3 Å². The van der Waals surface area contributed by atoms with E-state index in [1.165, 1.54) is 54.2 Å². The molecule has 1 fully saturated rings. The average Bonchev–Trinajstić information content (AvgIpc) is 3.28. The molecule has 4 rings (SSSR count). The first-order valence-electron chi connectivity index (χ1n) is 8.52. The molecule has 2 aliphatic rings. The van der Waals surface area contributed by atoms with Crippen molar-refractivity contribution in [3.8, 4) is 6.07 Å². The molecule has 5 heteroatoms. The lowest BCUT2D eigenvalue weighted by Gasteiger charge is -2.23. The number of aryl methyl sites for hydroxylation is 1. The molecule has 1 aliphatic heterocycles. The van der Waals surface area contributed by atoms with E-state index in [1.807, 2.05) is 11.4 Å². The van der Waals surface area contributed by atoms with Crippen molar-refractivity contribution in [2.24, 2.45) is 7.05 Å². The molecule has 0 aromatic carbocycles. The first kappa shape index (κ1) is 14.9. The van der Waals surface area contributed by atoms with Gasteiger partial charge in [-0.2, -0.15) is 5.26 Å². The number of fused-ring (bicyclic) bond motifs is 1. The topological polar surface area (TPSA) is 44.9 Å². The Labute approximate surface area is 141 Å². The molecule has 0 unspecified atom stereocenters. The summed E-state index contributed by atoms with van der Waals surface area (Å²) in [5.74, 6) is 1.26. The highest BCUT2D eigenvalue weighted by molar-refractivity contribution is 7.10. The van der Waals surface area contributed by atoms with Crippen molar-refractivity contribution in [1.82, 2.24) is 14.5 Å². The summed E-state index contributed by atoms with van der Waals surface area (Å²) >= 11 is 1.70. The third kappa shape index (κ3) is 2.71. The first-order valence-corrected chi connectivity index (χ1v) is 9.40. The van der Waals surface area contributed by atoms with Crippen molar-refractivity contribution < 1.29 is 0 Å². The van der Waals surface area contributed by atoms with E-state index in [1.54, 1.807) is 11.3 Å². The fraction of sp³-hybridized carbons (Fsp3) is 0.556. The SMILES string of the molecule is Cn1c([C@H]2CCCN2Cc2cc(C#N)cs2)nc2c1CCCC2. The molecule has 0 radical (unpaired) electrons. The quantitative estimate of drug-likeness (QED) is 0.866. The second-order valence-corrected chi connectivity index (χ2v) is 7.67. The molecular weight excluding hydrogens is 304 g/mol. The standard InChI is InChI=1S/C18H22N4S/c1-21-16-6-3-2-5-15(16)20-18(21)17-7-4-8-22(17)11-14-9-13(10-19)12-23-14/h9,12,17H,2-8,11H2,1H3/t17-/m1/s1. The zero-order valence-corrected chi connectivity index (χ0v) is 14.4. The summed E-state index contributed by atoms with van der Waals surface area (Å²) in [6.07, 6.45) is 7.34. The Morgan fingerprint density at radius 3 is 3.00 bits per heavy atom. The van der Waals surface area contributed by atoms with Gasteiger partial charge in [-0.3, -0.25) is 4.90 Å². The minimum absolute atomic E-state index is 0.429. The van der Waals surface area contributed by atoms with Crippen molar-refractivity contribution in [3.05, 3.63) is 39.1 Å². The summed E-state index contributed by atoms with van der Waals surface area (Å²) in [6, 6.07) is 4.69. The van der Waals surface area contributed by atoms with Crippen LogP contribution >= 0.6 is 11.3 Å². The van der Waals surface area contributed by atoms with Gasteiger partial charge in [0.15, 0.2) is 0 Å². The highest BCUT2D eigenvalue weighted by atomic mass is 32.1. The average molecular weight is 326 g/mol. The van der Waals surface area contributed by atoms with Gasteiger partial charge in [-0.05, 0) is 51.1 Å². The van der Waals surface area contributed by atoms with Gasteiger partial charge >= 0.3 is 0 Å². The van der Waals surface area contributed by atoms with Gasteiger partial charge in [0.05, 0.1) is 17.3 Å². The Morgan fingerprint density at radius 1 is 1.35 bits per heavy atom. The van der Waals surface area contributed by atoms with Crippen LogP contribution in [0, 0.1) is 11.3 Å². The van der Waals surface area contributed by atoms with E-state index in [9.17, 15) is 0 Å². The Balaban J connectivity index is 1.58. The molecule has 2 aromatic heterocycles. The minimum Gasteiger partial charge on any atom is -0.334 e. The van der Waals surface area contributed by atoms with E-state index < -0.39 is 0 Å². The summed E-state index contributed by atoms with van der Waals surface area (Å²) in [5.41, 5.74) is 3.58. The van der Waals surface area contributed by atoms with Crippen LogP contribution in [0.25, 0.3) is 0 Å². The van der Waals surface area contributed by atoms with Crippen LogP contribution < -0.4 is 0 Å². The second kappa shape index (κ2) is 6.10. The van der Waals surface area contributed by atoms with Gasteiger partial charge in [-0.1, -0.05) is 0 Å². The molecule has 1 saturated heterocycles. The van der Waals surface area contributed by atoms with E-state index in [4.69, 9.17) is 10.2 Å². The van der Waals surface area contributed by atoms with Crippen molar-refractivity contribution in [2.45, 2.75) is 51.1 Å². The molecule has 0 spiro atoms. The molecule has 0 N–H and O–H groups in total. The summed E-state index contributed by atoms with van der Waals surface area (Å²) < 4.78 is 2.37. The van der Waals surface area contributed by atoms with Crippen LogP contribution in [0.1, 0.15) is 59.4 Å². The van der Waals surface area contributed by atoms with Crippen LogP contribution in [0.5, 0.6) is 0 Å². The lowest BCUT2D eigenvalue weighted by Crippen LogP contribution is -2.24. The summed E-state index contributed by atoms with van der Waals surface area (Å²) in [6.45, 7) is 2.07. The lowest BCUT2D eigenvalue weighted by molar-refractivity contribution is 0.238. The maximum atomic E-state index is 9.00. The number of nitrogens with zero attached hydrogens (tertiary/aromatic N) is 4. The molecule has 23 heavy (non-hydrogen) atoms. The highest BCUT2D eigenvalue weighted by Crippen LogP contribution is 2.35. The molecule has 0 amide bonds. The molecule has 0 saturated carbocycles. The van der Waals surface area contributed by atoms with E-state index in [2.05, 4.69) is 22.6 Å². The predicted octanol–water partition coefficient (Wildman–Crippen LogP) is 3.57. The van der Waals surface area contributed by atoms with Gasteiger partial charge in [0.25, 0.3) is 0 Å². The monoisotopic (exact) mass is 326 g/mol. The smallest absolute Gasteiger partial charge is 0.126 e. The van der Waals surface area contributed by atoms with Gasteiger partial charge in [0.1, 0.15) is 11.9 Å². The molecule has 1 aliphatic carbocycles. The fourth-order valence-corrected chi connectivity index (χ4v) is 4.87. The van der Waals surface area contributed by atoms with Crippen LogP contribution in [0.4, 0.5) is 0 Å². The summed E-state index contributed by atoms with van der Waals surface area (Å²) in [7, 11) is 2.20. The number of imidazole rings is 1. The number of likely N-dealkylation sites (tertiary alicyclic amines) is 1. The molecule has 4 nitrogen and oxygen atoms in total. The number of aromatic nitrogens is 2. The summed E-state index contributed by atoms with van der Waals surface area (Å²) in [5, 5.41) is 11.0. The lowest BCUT2D eigenvalue weighted by atomic mass is 10.0. The van der Waals surface area contributed by atoms with Crippen molar-refractivity contribution in [3.63, 3.8) is 0 Å². The molecular formula is C18H22N4S. The van der Waals surface area contributed by atoms with Gasteiger partial charge in [-0.25, -0.2) is 4.98 Å². The van der Waals surface area contributed by atoms with Gasteiger partial charge in [0.2, 0.25) is 0 Å². The van der Waals surface area contributed by atoms with E-state index >= 15 is 0 Å². The maximum absolute atomic E-state index is 9.00. The number of hydrogen-bond acceptors (Lipinski definition) is 4. The number of rotatable bonds is 3. The zero-order valence-electron chi connectivity index (χ0n) is 13.6. The van der Waals surface area contributed by atoms with E-state index in [0.717, 1.165) is 25.1 Å².